The highest BCUT2D eigenvalue weighted by Gasteiger charge is 2.30. The number of carbonyl (C=O) groups excluding carboxylic acids is 3. The minimum absolute atomic E-state index is 0.0349. The average molecular weight is 434 g/mol. The monoisotopic (exact) mass is 433 g/mol. The molecule has 2 atom stereocenters. The summed E-state index contributed by atoms with van der Waals surface area (Å²) in [5, 5.41) is 12.4. The van der Waals surface area contributed by atoms with Crippen LogP contribution >= 0.6 is 23.1 Å². The van der Waals surface area contributed by atoms with Crippen LogP contribution in [-0.2, 0) is 14.4 Å². The summed E-state index contributed by atoms with van der Waals surface area (Å²) < 4.78 is 1.03. The van der Waals surface area contributed by atoms with E-state index in [1.54, 1.807) is 0 Å². The van der Waals surface area contributed by atoms with Crippen LogP contribution in [0.5, 0.6) is 0 Å². The lowest BCUT2D eigenvalue weighted by atomic mass is 10.1. The van der Waals surface area contributed by atoms with E-state index in [-0.39, 0.29) is 42.4 Å². The third-order valence-corrected chi connectivity index (χ3v) is 6.61. The van der Waals surface area contributed by atoms with Crippen molar-refractivity contribution >= 4 is 56.2 Å². The van der Waals surface area contributed by atoms with Crippen LogP contribution in [0.2, 0.25) is 0 Å². The number of amides is 3. The molecule has 1 aliphatic carbocycles. The van der Waals surface area contributed by atoms with Crippen LogP contribution < -0.4 is 21.3 Å². The van der Waals surface area contributed by atoms with Crippen molar-refractivity contribution in [1.82, 2.24) is 20.9 Å². The number of anilines is 1. The Kier molecular flexibility index (Phi) is 6.02. The van der Waals surface area contributed by atoms with Gasteiger partial charge >= 0.3 is 0 Å². The molecule has 29 heavy (non-hydrogen) atoms. The molecule has 2 aromatic rings. The lowest BCUT2D eigenvalue weighted by Crippen LogP contribution is -2.56. The molecule has 1 saturated heterocycles. The maximum atomic E-state index is 12.3. The Labute approximate surface area is 176 Å². The molecule has 8 nitrogen and oxygen atoms in total. The van der Waals surface area contributed by atoms with E-state index in [9.17, 15) is 14.4 Å². The van der Waals surface area contributed by atoms with E-state index < -0.39 is 5.50 Å². The molecule has 2 fully saturated rings. The molecule has 0 spiro atoms. The number of hydrogen-bond acceptors (Lipinski definition) is 7. The van der Waals surface area contributed by atoms with Crippen LogP contribution in [0.4, 0.5) is 5.13 Å². The normalized spacial score (nSPS) is 21.6. The fraction of sp³-hybridized carbons (Fsp3) is 0.474. The molecule has 4 N–H and O–H groups in total. The third-order valence-electron chi connectivity index (χ3n) is 4.66. The van der Waals surface area contributed by atoms with Gasteiger partial charge in [-0.2, -0.15) is 0 Å². The second kappa shape index (κ2) is 8.68. The molecular weight excluding hydrogens is 410 g/mol. The van der Waals surface area contributed by atoms with Gasteiger partial charge in [-0.1, -0.05) is 17.4 Å². The standard InChI is InChI=1S/C19H23N5O3S2/c1-10-2-5-13-14(6-10)29-19(22-13)24-17(27)9-28-18-21-12(8-16(26)23-18)7-15(25)20-11-3-4-11/h2,5-6,11-12,18,21H,3-4,7-9H2,1H3,(H,20,25)(H,23,26)(H,22,24,27). The molecule has 3 amide bonds. The predicted octanol–water partition coefficient (Wildman–Crippen LogP) is 1.71. The zero-order valence-electron chi connectivity index (χ0n) is 16.0. The molecular formula is C19H23N5O3S2. The van der Waals surface area contributed by atoms with Crippen LogP contribution in [0, 0.1) is 6.92 Å². The molecule has 1 aromatic carbocycles. The molecule has 1 aliphatic heterocycles. The maximum Gasteiger partial charge on any atom is 0.236 e. The van der Waals surface area contributed by atoms with Gasteiger partial charge in [0.05, 0.1) is 16.0 Å². The molecule has 0 radical (unpaired) electrons. The van der Waals surface area contributed by atoms with Gasteiger partial charge in [0.25, 0.3) is 0 Å². The third kappa shape index (κ3) is 5.68. The Hall–Kier alpha value is -2.17. The molecule has 2 unspecified atom stereocenters. The summed E-state index contributed by atoms with van der Waals surface area (Å²) in [4.78, 5) is 40.7. The second-order valence-electron chi connectivity index (χ2n) is 7.41. The number of benzene rings is 1. The smallest absolute Gasteiger partial charge is 0.236 e. The van der Waals surface area contributed by atoms with Crippen LogP contribution in [0.1, 0.15) is 31.2 Å². The predicted molar refractivity (Wildman–Crippen MR) is 115 cm³/mol. The van der Waals surface area contributed by atoms with Crippen LogP contribution in [0.3, 0.4) is 0 Å². The quantitative estimate of drug-likeness (QED) is 0.529. The van der Waals surface area contributed by atoms with Crippen molar-refractivity contribution in [3.63, 3.8) is 0 Å². The summed E-state index contributed by atoms with van der Waals surface area (Å²) in [6.45, 7) is 2.02. The summed E-state index contributed by atoms with van der Waals surface area (Å²) in [7, 11) is 0. The number of rotatable bonds is 7. The number of nitrogens with zero attached hydrogens (tertiary/aromatic N) is 1. The Morgan fingerprint density at radius 3 is 2.93 bits per heavy atom. The minimum atomic E-state index is -0.404. The zero-order valence-corrected chi connectivity index (χ0v) is 17.6. The van der Waals surface area contributed by atoms with E-state index >= 15 is 0 Å². The summed E-state index contributed by atoms with van der Waals surface area (Å²) in [6.07, 6.45) is 2.59. The Balaban J connectivity index is 1.26. The lowest BCUT2D eigenvalue weighted by molar-refractivity contribution is -0.125. The van der Waals surface area contributed by atoms with Crippen LogP contribution in [-0.4, -0.2) is 46.0 Å². The first-order chi connectivity index (χ1) is 13.9. The van der Waals surface area contributed by atoms with Gasteiger partial charge < -0.3 is 16.0 Å². The Morgan fingerprint density at radius 1 is 1.31 bits per heavy atom. The highest BCUT2D eigenvalue weighted by molar-refractivity contribution is 8.00. The zero-order chi connectivity index (χ0) is 20.4. The SMILES string of the molecule is Cc1ccc2nc(NC(=O)CSC3NC(=O)CC(CC(=O)NC4CC4)N3)sc2c1. The van der Waals surface area contributed by atoms with E-state index in [0.717, 1.165) is 28.6 Å². The van der Waals surface area contributed by atoms with Gasteiger partial charge in [-0.3, -0.25) is 19.7 Å². The van der Waals surface area contributed by atoms with Crippen molar-refractivity contribution in [2.75, 3.05) is 11.1 Å². The molecule has 2 aliphatic rings. The second-order valence-corrected chi connectivity index (χ2v) is 9.53. The van der Waals surface area contributed by atoms with Gasteiger partial charge in [0.1, 0.15) is 5.50 Å². The first-order valence-corrected chi connectivity index (χ1v) is 11.4. The summed E-state index contributed by atoms with van der Waals surface area (Å²) in [6, 6.07) is 6.04. The van der Waals surface area contributed by atoms with E-state index in [0.29, 0.717) is 11.2 Å². The van der Waals surface area contributed by atoms with Gasteiger partial charge in [-0.25, -0.2) is 4.98 Å². The van der Waals surface area contributed by atoms with Crippen molar-refractivity contribution in [3.05, 3.63) is 23.8 Å². The van der Waals surface area contributed by atoms with Gasteiger partial charge in [0, 0.05) is 24.9 Å². The summed E-state index contributed by atoms with van der Waals surface area (Å²) in [5.41, 5.74) is 1.60. The highest BCUT2D eigenvalue weighted by atomic mass is 32.2. The summed E-state index contributed by atoms with van der Waals surface area (Å²) >= 11 is 2.72. The molecule has 1 aromatic heterocycles. The van der Waals surface area contributed by atoms with Crippen LogP contribution in [0.15, 0.2) is 18.2 Å². The fourth-order valence-electron chi connectivity index (χ4n) is 3.10. The highest BCUT2D eigenvalue weighted by Crippen LogP contribution is 2.27. The number of thioether (sulfide) groups is 1. The van der Waals surface area contributed by atoms with Crippen LogP contribution in [0.25, 0.3) is 10.2 Å². The van der Waals surface area contributed by atoms with Gasteiger partial charge in [0.15, 0.2) is 5.13 Å². The number of nitrogens with one attached hydrogen (secondary N) is 4. The number of aromatic nitrogens is 1. The van der Waals surface area contributed by atoms with Gasteiger partial charge in [0.2, 0.25) is 17.7 Å². The first kappa shape index (κ1) is 20.1. The van der Waals surface area contributed by atoms with E-state index in [1.807, 2.05) is 25.1 Å². The molecule has 4 rings (SSSR count). The average Bonchev–Trinajstić information content (AvgIpc) is 3.37. The Morgan fingerprint density at radius 2 is 2.14 bits per heavy atom. The van der Waals surface area contributed by atoms with Crippen molar-refractivity contribution in [1.29, 1.82) is 0 Å². The van der Waals surface area contributed by atoms with Gasteiger partial charge in [-0.15, -0.1) is 11.8 Å². The molecule has 2 heterocycles. The number of aryl methyl sites for hydroxylation is 1. The van der Waals surface area contributed by atoms with E-state index in [1.165, 1.54) is 23.1 Å². The van der Waals surface area contributed by atoms with Crippen molar-refractivity contribution in [2.24, 2.45) is 0 Å². The largest absolute Gasteiger partial charge is 0.353 e. The van der Waals surface area contributed by atoms with Crippen molar-refractivity contribution < 1.29 is 14.4 Å². The van der Waals surface area contributed by atoms with E-state index in [4.69, 9.17) is 0 Å². The number of hydrogen-bond donors (Lipinski definition) is 4. The number of thiazole rings is 1. The fourth-order valence-corrected chi connectivity index (χ4v) is 4.98. The summed E-state index contributed by atoms with van der Waals surface area (Å²) in [5.74, 6) is -0.177. The van der Waals surface area contributed by atoms with E-state index in [2.05, 4.69) is 26.3 Å². The Bertz CT molecular complexity index is 943. The van der Waals surface area contributed by atoms with Crippen molar-refractivity contribution in [2.45, 2.75) is 50.2 Å². The molecule has 154 valence electrons. The molecule has 1 saturated carbocycles. The first-order valence-electron chi connectivity index (χ1n) is 9.58. The minimum Gasteiger partial charge on any atom is -0.353 e. The lowest BCUT2D eigenvalue weighted by Gasteiger charge is -2.30. The molecule has 10 heteroatoms. The number of carbonyl (C=O) groups is 3. The van der Waals surface area contributed by atoms with Gasteiger partial charge in [-0.05, 0) is 37.5 Å². The maximum absolute atomic E-state index is 12.3. The van der Waals surface area contributed by atoms with Crippen molar-refractivity contribution in [3.8, 4) is 0 Å². The number of fused-ring (bicyclic) bond motifs is 1. The molecule has 0 bridgehead atoms. The topological polar surface area (TPSA) is 112 Å².